The first kappa shape index (κ1) is 23.1. The average molecular weight is 435 g/mol. The quantitative estimate of drug-likeness (QED) is 0.513. The van der Waals surface area contributed by atoms with Gasteiger partial charge in [-0.2, -0.15) is 0 Å². The highest BCUT2D eigenvalue weighted by molar-refractivity contribution is 5.97. The van der Waals surface area contributed by atoms with Gasteiger partial charge in [0, 0.05) is 17.6 Å². The van der Waals surface area contributed by atoms with Crippen molar-refractivity contribution < 1.29 is 18.7 Å². The number of rotatable bonds is 8. The standard InChI is InChI=1S/C26H30N2O4/c1-26(2,3)28(25(30)21-12-8-13-22(16-21)31-4)19-24(29)27(18-23-14-9-15-32-23)17-20-10-6-5-7-11-20/h5-16H,17-19H2,1-4H3. The molecule has 0 fully saturated rings. The van der Waals surface area contributed by atoms with Crippen molar-refractivity contribution in [2.24, 2.45) is 0 Å². The van der Waals surface area contributed by atoms with Crippen molar-refractivity contribution in [3.63, 3.8) is 0 Å². The smallest absolute Gasteiger partial charge is 0.254 e. The van der Waals surface area contributed by atoms with E-state index in [1.54, 1.807) is 53.5 Å². The van der Waals surface area contributed by atoms with E-state index in [2.05, 4.69) is 0 Å². The van der Waals surface area contributed by atoms with Crippen LogP contribution in [0.5, 0.6) is 5.75 Å². The van der Waals surface area contributed by atoms with Gasteiger partial charge in [0.2, 0.25) is 5.91 Å². The van der Waals surface area contributed by atoms with Gasteiger partial charge in [-0.3, -0.25) is 9.59 Å². The van der Waals surface area contributed by atoms with Crippen LogP contribution in [-0.4, -0.2) is 40.8 Å². The summed E-state index contributed by atoms with van der Waals surface area (Å²) in [7, 11) is 1.56. The van der Waals surface area contributed by atoms with Crippen molar-refractivity contribution in [3.8, 4) is 5.75 Å². The molecule has 0 saturated carbocycles. The number of carbonyl (C=O) groups is 2. The number of methoxy groups -OCH3 is 1. The van der Waals surface area contributed by atoms with Gasteiger partial charge in [0.1, 0.15) is 18.1 Å². The minimum absolute atomic E-state index is 0.0485. The molecule has 0 N–H and O–H groups in total. The van der Waals surface area contributed by atoms with E-state index < -0.39 is 5.54 Å². The Labute approximate surface area is 189 Å². The minimum Gasteiger partial charge on any atom is -0.497 e. The molecule has 0 aliphatic rings. The van der Waals surface area contributed by atoms with Crippen molar-refractivity contribution in [2.45, 2.75) is 39.4 Å². The summed E-state index contributed by atoms with van der Waals surface area (Å²) in [6.45, 7) is 6.47. The molecule has 0 unspecified atom stereocenters. The SMILES string of the molecule is COc1cccc(C(=O)N(CC(=O)N(Cc2ccccc2)Cc2ccco2)C(C)(C)C)c1. The highest BCUT2D eigenvalue weighted by Crippen LogP contribution is 2.21. The molecule has 3 rings (SSSR count). The van der Waals surface area contributed by atoms with Crippen LogP contribution in [-0.2, 0) is 17.9 Å². The molecule has 0 radical (unpaired) electrons. The van der Waals surface area contributed by atoms with Gasteiger partial charge in [0.25, 0.3) is 5.91 Å². The fourth-order valence-electron chi connectivity index (χ4n) is 3.39. The lowest BCUT2D eigenvalue weighted by molar-refractivity contribution is -0.134. The number of furan rings is 1. The number of ether oxygens (including phenoxy) is 1. The lowest BCUT2D eigenvalue weighted by Crippen LogP contribution is -2.51. The summed E-state index contributed by atoms with van der Waals surface area (Å²) in [6, 6.07) is 20.4. The third-order valence-corrected chi connectivity index (χ3v) is 5.16. The summed E-state index contributed by atoms with van der Waals surface area (Å²) < 4.78 is 10.7. The highest BCUT2D eigenvalue weighted by atomic mass is 16.5. The van der Waals surface area contributed by atoms with E-state index in [4.69, 9.17) is 9.15 Å². The van der Waals surface area contributed by atoms with Crippen LogP contribution in [0, 0.1) is 0 Å². The fraction of sp³-hybridized carbons (Fsp3) is 0.308. The predicted octanol–water partition coefficient (Wildman–Crippen LogP) is 4.76. The summed E-state index contributed by atoms with van der Waals surface area (Å²) in [4.78, 5) is 30.1. The maximum atomic E-state index is 13.5. The first-order chi connectivity index (χ1) is 15.3. The van der Waals surface area contributed by atoms with Crippen molar-refractivity contribution in [2.75, 3.05) is 13.7 Å². The van der Waals surface area contributed by atoms with Crippen LogP contribution in [0.3, 0.4) is 0 Å². The van der Waals surface area contributed by atoms with Gasteiger partial charge in [0.05, 0.1) is 19.9 Å². The van der Waals surface area contributed by atoms with Gasteiger partial charge >= 0.3 is 0 Å². The lowest BCUT2D eigenvalue weighted by Gasteiger charge is -2.37. The summed E-state index contributed by atoms with van der Waals surface area (Å²) in [5, 5.41) is 0. The van der Waals surface area contributed by atoms with Crippen molar-refractivity contribution in [1.82, 2.24) is 9.80 Å². The first-order valence-corrected chi connectivity index (χ1v) is 10.6. The monoisotopic (exact) mass is 434 g/mol. The second-order valence-corrected chi connectivity index (χ2v) is 8.61. The Morgan fingerprint density at radius 2 is 1.69 bits per heavy atom. The van der Waals surface area contributed by atoms with E-state index in [1.807, 2.05) is 57.2 Å². The second-order valence-electron chi connectivity index (χ2n) is 8.61. The predicted molar refractivity (Wildman–Crippen MR) is 123 cm³/mol. The summed E-state index contributed by atoms with van der Waals surface area (Å²) in [5.74, 6) is 0.911. The molecule has 0 saturated heterocycles. The minimum atomic E-state index is -0.557. The van der Waals surface area contributed by atoms with Gasteiger partial charge in [0.15, 0.2) is 0 Å². The Morgan fingerprint density at radius 3 is 2.31 bits per heavy atom. The Bertz CT molecular complexity index is 1020. The number of amides is 2. The molecule has 168 valence electrons. The van der Waals surface area contributed by atoms with Crippen LogP contribution in [0.15, 0.2) is 77.4 Å². The van der Waals surface area contributed by atoms with Crippen LogP contribution in [0.4, 0.5) is 0 Å². The molecular weight excluding hydrogens is 404 g/mol. The Hall–Kier alpha value is -3.54. The Balaban J connectivity index is 1.84. The van der Waals surface area contributed by atoms with Crippen molar-refractivity contribution in [3.05, 3.63) is 89.9 Å². The third-order valence-electron chi connectivity index (χ3n) is 5.16. The summed E-state index contributed by atoms with van der Waals surface area (Å²) in [5.41, 5.74) is 0.931. The molecule has 0 atom stereocenters. The average Bonchev–Trinajstić information content (AvgIpc) is 3.29. The van der Waals surface area contributed by atoms with Crippen LogP contribution < -0.4 is 4.74 Å². The topological polar surface area (TPSA) is 63.0 Å². The van der Waals surface area contributed by atoms with E-state index in [0.29, 0.717) is 30.2 Å². The number of carbonyl (C=O) groups excluding carboxylic acids is 2. The van der Waals surface area contributed by atoms with Crippen molar-refractivity contribution in [1.29, 1.82) is 0 Å². The molecule has 1 heterocycles. The molecule has 0 aliphatic heterocycles. The summed E-state index contributed by atoms with van der Waals surface area (Å²) in [6.07, 6.45) is 1.59. The van der Waals surface area contributed by atoms with E-state index in [-0.39, 0.29) is 18.4 Å². The molecule has 0 aliphatic carbocycles. The van der Waals surface area contributed by atoms with Gasteiger partial charge in [-0.15, -0.1) is 0 Å². The zero-order chi connectivity index (χ0) is 23.1. The fourth-order valence-corrected chi connectivity index (χ4v) is 3.39. The molecule has 3 aromatic rings. The Kier molecular flexibility index (Phi) is 7.36. The molecule has 32 heavy (non-hydrogen) atoms. The van der Waals surface area contributed by atoms with Gasteiger partial charge in [-0.05, 0) is 56.7 Å². The Morgan fingerprint density at radius 1 is 0.938 bits per heavy atom. The molecule has 6 nitrogen and oxygen atoms in total. The number of hydrogen-bond acceptors (Lipinski definition) is 4. The van der Waals surface area contributed by atoms with Crippen LogP contribution in [0.1, 0.15) is 42.5 Å². The maximum Gasteiger partial charge on any atom is 0.254 e. The van der Waals surface area contributed by atoms with Gasteiger partial charge in [-0.1, -0.05) is 36.4 Å². The maximum absolute atomic E-state index is 13.5. The zero-order valence-corrected chi connectivity index (χ0v) is 19.1. The largest absolute Gasteiger partial charge is 0.497 e. The molecular formula is C26H30N2O4. The lowest BCUT2D eigenvalue weighted by atomic mass is 10.0. The molecule has 2 aromatic carbocycles. The van der Waals surface area contributed by atoms with Crippen LogP contribution >= 0.6 is 0 Å². The molecule has 6 heteroatoms. The number of benzene rings is 2. The van der Waals surface area contributed by atoms with Gasteiger partial charge in [-0.25, -0.2) is 0 Å². The molecule has 1 aromatic heterocycles. The normalized spacial score (nSPS) is 11.1. The van der Waals surface area contributed by atoms with E-state index in [1.165, 1.54) is 0 Å². The molecule has 0 spiro atoms. The van der Waals surface area contributed by atoms with E-state index >= 15 is 0 Å². The number of hydrogen-bond donors (Lipinski definition) is 0. The zero-order valence-electron chi connectivity index (χ0n) is 19.1. The molecule has 2 amide bonds. The highest BCUT2D eigenvalue weighted by Gasteiger charge is 2.31. The first-order valence-electron chi connectivity index (χ1n) is 10.6. The number of nitrogens with zero attached hydrogens (tertiary/aromatic N) is 2. The summed E-state index contributed by atoms with van der Waals surface area (Å²) >= 11 is 0. The van der Waals surface area contributed by atoms with Crippen LogP contribution in [0.25, 0.3) is 0 Å². The van der Waals surface area contributed by atoms with Crippen molar-refractivity contribution >= 4 is 11.8 Å². The second kappa shape index (κ2) is 10.2. The van der Waals surface area contributed by atoms with E-state index in [9.17, 15) is 9.59 Å². The van der Waals surface area contributed by atoms with E-state index in [0.717, 1.165) is 5.56 Å². The third kappa shape index (κ3) is 6.00. The molecule has 0 bridgehead atoms. The van der Waals surface area contributed by atoms with Crippen LogP contribution in [0.2, 0.25) is 0 Å². The van der Waals surface area contributed by atoms with Gasteiger partial charge < -0.3 is 19.0 Å².